The molecule has 2 rings (SSSR count). The van der Waals surface area contributed by atoms with Crippen LogP contribution in [0.1, 0.15) is 33.1 Å². The predicted octanol–water partition coefficient (Wildman–Crippen LogP) is 3.35. The second-order valence-electron chi connectivity index (χ2n) is 5.35. The topological polar surface area (TPSA) is 0 Å². The van der Waals surface area contributed by atoms with E-state index in [0.29, 0.717) is 0 Å². The van der Waals surface area contributed by atoms with Crippen LogP contribution >= 0.6 is 0 Å². The Hall–Kier alpha value is 0.130. The first-order chi connectivity index (χ1) is 6.33. The highest BCUT2D eigenvalue weighted by Crippen LogP contribution is 2.47. The minimum Gasteiger partial charge on any atom is -0.0808 e. The Kier molecular flexibility index (Phi) is 3.06. The summed E-state index contributed by atoms with van der Waals surface area (Å²) in [5.41, 5.74) is 0. The van der Waals surface area contributed by atoms with E-state index in [4.69, 9.17) is 0 Å². The predicted molar refractivity (Wildman–Crippen MR) is 63.5 cm³/mol. The van der Waals surface area contributed by atoms with Crippen molar-refractivity contribution in [1.82, 2.24) is 0 Å². The van der Waals surface area contributed by atoms with Gasteiger partial charge in [0.1, 0.15) is 14.0 Å². The van der Waals surface area contributed by atoms with Crippen molar-refractivity contribution in [2.24, 2.45) is 5.92 Å². The fourth-order valence-electron chi connectivity index (χ4n) is 3.68. The monoisotopic (exact) mass is 176 g/mol. The first kappa shape index (κ1) is 9.68. The van der Waals surface area contributed by atoms with E-state index >= 15 is 0 Å². The lowest BCUT2D eigenvalue weighted by Gasteiger charge is -2.28. The standard InChI is InChI=1S/C11H22B2/c1-3-9-5-11-6-12-10(4-2)8-13(11)7-9/h9-12H,3-8H2,1-2H3. The summed E-state index contributed by atoms with van der Waals surface area (Å²) in [5, 5.41) is 0. The SMILES string of the molecule is CCC1BCC2CC(CC)CB2C1. The average Bonchev–Trinajstić information content (AvgIpc) is 2.58. The Morgan fingerprint density at radius 3 is 2.77 bits per heavy atom. The van der Waals surface area contributed by atoms with Crippen molar-refractivity contribution in [3.05, 3.63) is 0 Å². The molecule has 13 heavy (non-hydrogen) atoms. The maximum absolute atomic E-state index is 2.37. The molecule has 3 atom stereocenters. The first-order valence-corrected chi connectivity index (χ1v) is 6.33. The Balaban J connectivity index is 1.90. The highest BCUT2D eigenvalue weighted by molar-refractivity contribution is 6.66. The molecule has 0 aromatic carbocycles. The van der Waals surface area contributed by atoms with Crippen LogP contribution in [0.5, 0.6) is 0 Å². The lowest BCUT2D eigenvalue weighted by Crippen LogP contribution is -2.26. The van der Waals surface area contributed by atoms with E-state index in [1.165, 1.54) is 20.1 Å². The molecule has 2 fully saturated rings. The van der Waals surface area contributed by atoms with Crippen LogP contribution in [0.3, 0.4) is 0 Å². The van der Waals surface area contributed by atoms with Crippen molar-refractivity contribution >= 4 is 14.0 Å². The summed E-state index contributed by atoms with van der Waals surface area (Å²) < 4.78 is 0. The molecule has 2 heteroatoms. The van der Waals surface area contributed by atoms with Crippen molar-refractivity contribution in [2.45, 2.75) is 63.7 Å². The van der Waals surface area contributed by atoms with E-state index in [1.54, 1.807) is 25.4 Å². The van der Waals surface area contributed by atoms with Crippen LogP contribution in [-0.2, 0) is 0 Å². The number of hydrogen-bond acceptors (Lipinski definition) is 0. The highest BCUT2D eigenvalue weighted by atomic mass is 14.2. The number of fused-ring (bicyclic) bond motifs is 1. The van der Waals surface area contributed by atoms with Gasteiger partial charge in [0.2, 0.25) is 0 Å². The molecular formula is C11H22B2. The third-order valence-electron chi connectivity index (χ3n) is 4.68. The van der Waals surface area contributed by atoms with E-state index < -0.39 is 0 Å². The first-order valence-electron chi connectivity index (χ1n) is 6.33. The molecule has 0 nitrogen and oxygen atoms in total. The zero-order chi connectivity index (χ0) is 9.26. The van der Waals surface area contributed by atoms with Crippen LogP contribution in [0.25, 0.3) is 0 Å². The average molecular weight is 176 g/mol. The molecule has 2 aliphatic heterocycles. The summed E-state index contributed by atoms with van der Waals surface area (Å²) in [5.74, 6) is 3.30. The van der Waals surface area contributed by atoms with Gasteiger partial charge in [-0.2, -0.15) is 0 Å². The third kappa shape index (κ3) is 1.97. The maximum Gasteiger partial charge on any atom is 0.142 e. The molecule has 0 aromatic rings. The zero-order valence-corrected chi connectivity index (χ0v) is 9.26. The van der Waals surface area contributed by atoms with E-state index in [2.05, 4.69) is 13.8 Å². The second-order valence-corrected chi connectivity index (χ2v) is 5.35. The molecule has 0 amide bonds. The van der Waals surface area contributed by atoms with E-state index in [9.17, 15) is 0 Å². The minimum absolute atomic E-state index is 1.08. The van der Waals surface area contributed by atoms with Crippen molar-refractivity contribution < 1.29 is 0 Å². The van der Waals surface area contributed by atoms with Crippen LogP contribution in [0.2, 0.25) is 30.6 Å². The van der Waals surface area contributed by atoms with Gasteiger partial charge in [-0.05, 0) is 5.92 Å². The fourth-order valence-corrected chi connectivity index (χ4v) is 3.68. The summed E-state index contributed by atoms with van der Waals surface area (Å²) in [7, 11) is 1.54. The molecule has 2 saturated heterocycles. The van der Waals surface area contributed by atoms with Gasteiger partial charge in [0.25, 0.3) is 0 Å². The molecule has 0 aliphatic carbocycles. The minimum atomic E-state index is 1.08. The lowest BCUT2D eigenvalue weighted by atomic mass is 9.27. The van der Waals surface area contributed by atoms with Crippen LogP contribution in [-0.4, -0.2) is 14.0 Å². The molecule has 3 unspecified atom stereocenters. The van der Waals surface area contributed by atoms with Crippen LogP contribution in [0.15, 0.2) is 0 Å². The molecule has 0 radical (unpaired) electrons. The molecule has 0 bridgehead atoms. The van der Waals surface area contributed by atoms with E-state index in [0.717, 1.165) is 24.3 Å². The van der Waals surface area contributed by atoms with Crippen molar-refractivity contribution in [1.29, 1.82) is 0 Å². The normalized spacial score (nSPS) is 38.6. The molecule has 0 saturated carbocycles. The van der Waals surface area contributed by atoms with Gasteiger partial charge in [0, 0.05) is 0 Å². The van der Waals surface area contributed by atoms with Gasteiger partial charge < -0.3 is 0 Å². The Labute approximate surface area is 84.2 Å². The second kappa shape index (κ2) is 4.11. The number of rotatable bonds is 2. The van der Waals surface area contributed by atoms with Crippen LogP contribution in [0.4, 0.5) is 0 Å². The Morgan fingerprint density at radius 2 is 2.08 bits per heavy atom. The fraction of sp³-hybridized carbons (Fsp3) is 1.00. The van der Waals surface area contributed by atoms with Crippen molar-refractivity contribution in [3.8, 4) is 0 Å². The van der Waals surface area contributed by atoms with Gasteiger partial charge in [0.05, 0.1) is 0 Å². The molecule has 72 valence electrons. The molecule has 2 heterocycles. The lowest BCUT2D eigenvalue weighted by molar-refractivity contribution is 0.541. The van der Waals surface area contributed by atoms with Crippen molar-refractivity contribution in [3.63, 3.8) is 0 Å². The Bertz CT molecular complexity index is 167. The molecule has 0 N–H and O–H groups in total. The van der Waals surface area contributed by atoms with Gasteiger partial charge in [0.15, 0.2) is 0 Å². The quantitative estimate of drug-likeness (QED) is 0.565. The highest BCUT2D eigenvalue weighted by Gasteiger charge is 2.39. The molecule has 0 spiro atoms. The van der Waals surface area contributed by atoms with E-state index in [1.807, 2.05) is 0 Å². The largest absolute Gasteiger partial charge is 0.142 e. The molecule has 0 aromatic heterocycles. The number of hydrogen-bond donors (Lipinski definition) is 0. The molecular weight excluding hydrogens is 154 g/mol. The zero-order valence-electron chi connectivity index (χ0n) is 9.26. The third-order valence-corrected chi connectivity index (χ3v) is 4.68. The Morgan fingerprint density at radius 1 is 1.23 bits per heavy atom. The van der Waals surface area contributed by atoms with Gasteiger partial charge >= 0.3 is 0 Å². The summed E-state index contributed by atoms with van der Waals surface area (Å²) in [4.78, 5) is 0. The summed E-state index contributed by atoms with van der Waals surface area (Å²) in [6.07, 6.45) is 9.12. The van der Waals surface area contributed by atoms with Gasteiger partial charge in [-0.3, -0.25) is 0 Å². The molecule has 2 aliphatic rings. The summed E-state index contributed by atoms with van der Waals surface area (Å²) in [6, 6.07) is 0. The smallest absolute Gasteiger partial charge is 0.0808 e. The van der Waals surface area contributed by atoms with Crippen LogP contribution in [0, 0.1) is 5.92 Å². The maximum atomic E-state index is 2.37. The van der Waals surface area contributed by atoms with Gasteiger partial charge in [-0.25, -0.2) is 0 Å². The van der Waals surface area contributed by atoms with Gasteiger partial charge in [-0.1, -0.05) is 63.7 Å². The van der Waals surface area contributed by atoms with E-state index in [-0.39, 0.29) is 0 Å². The van der Waals surface area contributed by atoms with Crippen LogP contribution < -0.4 is 0 Å². The van der Waals surface area contributed by atoms with Crippen molar-refractivity contribution in [2.75, 3.05) is 0 Å². The summed E-state index contributed by atoms with van der Waals surface area (Å²) in [6.45, 7) is 5.87. The van der Waals surface area contributed by atoms with Gasteiger partial charge in [-0.15, -0.1) is 0 Å². The summed E-state index contributed by atoms with van der Waals surface area (Å²) >= 11 is 0.